The van der Waals surface area contributed by atoms with Gasteiger partial charge in [0.2, 0.25) is 6.29 Å². The van der Waals surface area contributed by atoms with Crippen molar-refractivity contribution in [3.05, 3.63) is 52.7 Å². The monoisotopic (exact) mass is 592 g/mol. The second-order valence-corrected chi connectivity index (χ2v) is 10.2. The van der Waals surface area contributed by atoms with E-state index < -0.39 is 79.2 Å². The molecule has 228 valence electrons. The molecule has 2 aliphatic heterocycles. The summed E-state index contributed by atoms with van der Waals surface area (Å²) in [6.07, 6.45) is -14.8. The van der Waals surface area contributed by atoms with Gasteiger partial charge >= 0.3 is 0 Å². The Morgan fingerprint density at radius 3 is 2.14 bits per heavy atom. The molecule has 42 heavy (non-hydrogen) atoms. The molecule has 2 fully saturated rings. The highest BCUT2D eigenvalue weighted by Gasteiger charge is 2.47. The van der Waals surface area contributed by atoms with Crippen molar-refractivity contribution in [1.82, 2.24) is 0 Å². The lowest BCUT2D eigenvalue weighted by Gasteiger charge is -2.42. The molecule has 5 rings (SSSR count). The molecule has 0 amide bonds. The molecule has 3 heterocycles. The van der Waals surface area contributed by atoms with Gasteiger partial charge in [-0.3, -0.25) is 4.79 Å². The number of fused-ring (bicyclic) bond motifs is 1. The summed E-state index contributed by atoms with van der Waals surface area (Å²) in [6.45, 7) is 0.984. The van der Waals surface area contributed by atoms with Gasteiger partial charge in [0.25, 0.3) is 0 Å². The van der Waals surface area contributed by atoms with Crippen molar-refractivity contribution < 1.29 is 63.8 Å². The highest BCUT2D eigenvalue weighted by Crippen LogP contribution is 2.34. The molecule has 14 nitrogen and oxygen atoms in total. The average Bonchev–Trinajstić information content (AvgIpc) is 2.97. The highest BCUT2D eigenvalue weighted by atomic mass is 16.7. The number of ether oxygens (including phenoxy) is 5. The lowest BCUT2D eigenvalue weighted by molar-refractivity contribution is -0.318. The predicted octanol–water partition coefficient (Wildman–Crippen LogP) is -0.795. The Labute approximate surface area is 238 Å². The summed E-state index contributed by atoms with van der Waals surface area (Å²) in [5.74, 6) is 0.238. The number of phenols is 1. The first-order chi connectivity index (χ1) is 20.0. The summed E-state index contributed by atoms with van der Waals surface area (Å²) in [7, 11) is 1.52. The van der Waals surface area contributed by atoms with E-state index in [1.165, 1.54) is 26.2 Å². The fraction of sp³-hybridized carbons (Fsp3) is 0.464. The van der Waals surface area contributed by atoms with E-state index in [0.29, 0.717) is 11.3 Å². The van der Waals surface area contributed by atoms with Gasteiger partial charge in [-0.05, 0) is 31.2 Å². The quantitative estimate of drug-likeness (QED) is 0.179. The van der Waals surface area contributed by atoms with Crippen LogP contribution in [0.2, 0.25) is 0 Å². The van der Waals surface area contributed by atoms with Crippen molar-refractivity contribution in [3.8, 4) is 28.6 Å². The molecule has 10 atom stereocenters. The normalized spacial score (nSPS) is 33.4. The molecule has 0 spiro atoms. The number of aromatic hydroxyl groups is 1. The van der Waals surface area contributed by atoms with Crippen LogP contribution in [0.5, 0.6) is 17.2 Å². The molecule has 14 heteroatoms. The highest BCUT2D eigenvalue weighted by molar-refractivity contribution is 5.86. The lowest BCUT2D eigenvalue weighted by atomic mass is 9.98. The molecule has 2 aliphatic rings. The number of phenolic OH excluding ortho intramolecular Hbond substituents is 1. The van der Waals surface area contributed by atoms with Crippen LogP contribution in [0, 0.1) is 0 Å². The molecular formula is C28H32O14. The topological polar surface area (TPSA) is 218 Å². The zero-order valence-corrected chi connectivity index (χ0v) is 22.5. The van der Waals surface area contributed by atoms with E-state index in [1.54, 1.807) is 24.3 Å². The van der Waals surface area contributed by atoms with Gasteiger partial charge < -0.3 is 63.8 Å². The van der Waals surface area contributed by atoms with Gasteiger partial charge in [-0.1, -0.05) is 0 Å². The van der Waals surface area contributed by atoms with Crippen LogP contribution in [-0.4, -0.2) is 111 Å². The second kappa shape index (κ2) is 12.1. The maximum absolute atomic E-state index is 12.8. The van der Waals surface area contributed by atoms with Crippen molar-refractivity contribution in [2.45, 2.75) is 68.3 Å². The number of benzene rings is 2. The van der Waals surface area contributed by atoms with E-state index in [9.17, 15) is 40.5 Å². The predicted molar refractivity (Wildman–Crippen MR) is 142 cm³/mol. The minimum Gasteiger partial charge on any atom is -0.507 e. The largest absolute Gasteiger partial charge is 0.507 e. The molecule has 0 unspecified atom stereocenters. The first-order valence-corrected chi connectivity index (χ1v) is 13.1. The zero-order valence-electron chi connectivity index (χ0n) is 22.5. The summed E-state index contributed by atoms with van der Waals surface area (Å²) in [4.78, 5) is 12.8. The van der Waals surface area contributed by atoms with Crippen LogP contribution in [0.25, 0.3) is 22.3 Å². The molecule has 0 bridgehead atoms. The van der Waals surface area contributed by atoms with Gasteiger partial charge in [0.1, 0.15) is 76.7 Å². The molecule has 1 aromatic heterocycles. The van der Waals surface area contributed by atoms with Gasteiger partial charge in [-0.15, -0.1) is 0 Å². The maximum atomic E-state index is 12.8. The first-order valence-electron chi connectivity index (χ1n) is 13.1. The fourth-order valence-electron chi connectivity index (χ4n) is 4.84. The summed E-state index contributed by atoms with van der Waals surface area (Å²) >= 11 is 0. The van der Waals surface area contributed by atoms with Gasteiger partial charge in [-0.25, -0.2) is 0 Å². The molecular weight excluding hydrogens is 560 g/mol. The van der Waals surface area contributed by atoms with Crippen LogP contribution in [0.3, 0.4) is 0 Å². The Hall–Kier alpha value is -3.31. The van der Waals surface area contributed by atoms with Crippen LogP contribution < -0.4 is 14.9 Å². The summed E-state index contributed by atoms with van der Waals surface area (Å²) in [6, 6.07) is 10.4. The van der Waals surface area contributed by atoms with Crippen molar-refractivity contribution in [1.29, 1.82) is 0 Å². The fourth-order valence-corrected chi connectivity index (χ4v) is 4.84. The number of hydrogen-bond acceptors (Lipinski definition) is 14. The van der Waals surface area contributed by atoms with E-state index in [1.807, 2.05) is 0 Å². The summed E-state index contributed by atoms with van der Waals surface area (Å²) in [5.41, 5.74) is 0.0115. The molecule has 0 aliphatic carbocycles. The van der Waals surface area contributed by atoms with Crippen molar-refractivity contribution >= 4 is 11.0 Å². The standard InChI is InChI=1S/C28H32O14/c1-11-21(31)23(33)25(35)27(39-11)38-10-19-22(32)24(34)26(36)28(42-19)40-14-7-15(29)20-16(30)9-17(41-18(20)8-14)12-3-5-13(37-2)6-4-12/h3-9,11,19,21-29,31-36H,10H2,1-2H3/t11-,19+,21+,22-,23-,24+,25-,26-,27-,28-/m1/s1. The third-order valence-electron chi connectivity index (χ3n) is 7.31. The van der Waals surface area contributed by atoms with Crippen LogP contribution in [0.4, 0.5) is 0 Å². The maximum Gasteiger partial charge on any atom is 0.229 e. The number of rotatable bonds is 7. The number of aliphatic hydroxyl groups excluding tert-OH is 6. The Morgan fingerprint density at radius 1 is 0.786 bits per heavy atom. The molecule has 3 aromatic rings. The van der Waals surface area contributed by atoms with Crippen LogP contribution in [0.15, 0.2) is 51.7 Å². The minimum atomic E-state index is -1.76. The first kappa shape index (κ1) is 30.2. The summed E-state index contributed by atoms with van der Waals surface area (Å²) in [5, 5.41) is 71.9. The van der Waals surface area contributed by atoms with Crippen molar-refractivity contribution in [3.63, 3.8) is 0 Å². The zero-order chi connectivity index (χ0) is 30.3. The summed E-state index contributed by atoms with van der Waals surface area (Å²) < 4.78 is 33.2. The minimum absolute atomic E-state index is 0.0348. The van der Waals surface area contributed by atoms with Gasteiger partial charge in [0.15, 0.2) is 11.7 Å². The van der Waals surface area contributed by atoms with E-state index in [2.05, 4.69) is 0 Å². The smallest absolute Gasteiger partial charge is 0.229 e. The van der Waals surface area contributed by atoms with Gasteiger partial charge in [0, 0.05) is 23.8 Å². The molecule has 0 radical (unpaired) electrons. The Kier molecular flexibility index (Phi) is 8.71. The van der Waals surface area contributed by atoms with E-state index >= 15 is 0 Å². The lowest BCUT2D eigenvalue weighted by Crippen LogP contribution is -2.61. The van der Waals surface area contributed by atoms with Crippen molar-refractivity contribution in [2.75, 3.05) is 13.7 Å². The number of aliphatic hydroxyl groups is 6. The van der Waals surface area contributed by atoms with Crippen LogP contribution in [-0.2, 0) is 14.2 Å². The van der Waals surface area contributed by atoms with Crippen LogP contribution >= 0.6 is 0 Å². The number of hydrogen-bond donors (Lipinski definition) is 7. The Balaban J connectivity index is 1.35. The molecule has 2 aromatic carbocycles. The average molecular weight is 593 g/mol. The van der Waals surface area contributed by atoms with Crippen molar-refractivity contribution in [2.24, 2.45) is 0 Å². The SMILES string of the molecule is COc1ccc(-c2cc(=O)c3c(O)cc(O[C@@H]4O[C@@H](CO[C@@H]5O[C@H](C)[C@H](O)[C@@H](O)[C@H]5O)[C@@H](O)[C@H](O)[C@H]4O)cc3o2)cc1. The van der Waals surface area contributed by atoms with E-state index in [0.717, 1.165) is 6.07 Å². The van der Waals surface area contributed by atoms with E-state index in [4.69, 9.17) is 28.1 Å². The molecule has 7 N–H and O–H groups in total. The Morgan fingerprint density at radius 2 is 1.45 bits per heavy atom. The third kappa shape index (κ3) is 5.81. The van der Waals surface area contributed by atoms with E-state index in [-0.39, 0.29) is 22.5 Å². The third-order valence-corrected chi connectivity index (χ3v) is 7.31. The molecule has 0 saturated carbocycles. The van der Waals surface area contributed by atoms with Gasteiger partial charge in [0.05, 0.1) is 19.8 Å². The van der Waals surface area contributed by atoms with Gasteiger partial charge in [-0.2, -0.15) is 0 Å². The Bertz CT molecular complexity index is 1440. The second-order valence-electron chi connectivity index (χ2n) is 10.2. The number of methoxy groups -OCH3 is 1. The van der Waals surface area contributed by atoms with Crippen LogP contribution in [0.1, 0.15) is 6.92 Å². The molecule has 2 saturated heterocycles.